The third-order valence-corrected chi connectivity index (χ3v) is 4.97. The maximum Gasteiger partial charge on any atom is 0.407 e. The molecule has 0 radical (unpaired) electrons. The predicted octanol–water partition coefficient (Wildman–Crippen LogP) is 5.75. The van der Waals surface area contributed by atoms with Gasteiger partial charge in [-0.2, -0.15) is 0 Å². The Morgan fingerprint density at radius 1 is 1.17 bits per heavy atom. The number of amides is 1. The van der Waals surface area contributed by atoms with E-state index in [4.69, 9.17) is 9.15 Å². The van der Waals surface area contributed by atoms with Gasteiger partial charge in [0.25, 0.3) is 0 Å². The lowest BCUT2D eigenvalue weighted by Crippen LogP contribution is -2.33. The highest BCUT2D eigenvalue weighted by Gasteiger charge is 2.15. The zero-order chi connectivity index (χ0) is 25.8. The summed E-state index contributed by atoms with van der Waals surface area (Å²) in [5, 5.41) is 3.54. The number of ether oxygens (including phenoxy) is 1. The van der Waals surface area contributed by atoms with E-state index in [2.05, 4.69) is 29.1 Å². The molecular formula is C28H37N3O4. The summed E-state index contributed by atoms with van der Waals surface area (Å²) in [6.07, 6.45) is 10.5. The summed E-state index contributed by atoms with van der Waals surface area (Å²) >= 11 is 0. The average Bonchev–Trinajstić information content (AvgIpc) is 2.79. The fourth-order valence-corrected chi connectivity index (χ4v) is 3.31. The smallest absolute Gasteiger partial charge is 0.407 e. The van der Waals surface area contributed by atoms with Crippen molar-refractivity contribution >= 4 is 35.0 Å². The number of carbonyl (C=O) groups excluding carboxylic acids is 1. The number of aliphatic imine (C=N–C) groups is 1. The number of hydrogen-bond donors (Lipinski definition) is 1. The van der Waals surface area contributed by atoms with E-state index in [-0.39, 0.29) is 5.63 Å². The molecule has 0 saturated heterocycles. The highest BCUT2D eigenvalue weighted by atomic mass is 16.6. The largest absolute Gasteiger partial charge is 0.444 e. The van der Waals surface area contributed by atoms with Crippen LogP contribution in [-0.2, 0) is 4.74 Å². The highest BCUT2D eigenvalue weighted by Crippen LogP contribution is 2.22. The highest BCUT2D eigenvalue weighted by molar-refractivity contribution is 5.82. The number of alkyl carbamates (subject to hydrolysis) is 1. The molecule has 1 aromatic heterocycles. The van der Waals surface area contributed by atoms with Gasteiger partial charge in [-0.3, -0.25) is 4.99 Å². The van der Waals surface area contributed by atoms with Crippen molar-refractivity contribution in [2.75, 3.05) is 31.1 Å². The minimum Gasteiger partial charge on any atom is -0.444 e. The Morgan fingerprint density at radius 3 is 2.57 bits per heavy atom. The molecule has 0 aliphatic rings. The second-order valence-corrected chi connectivity index (χ2v) is 8.87. The van der Waals surface area contributed by atoms with Crippen molar-refractivity contribution in [1.29, 1.82) is 0 Å². The van der Waals surface area contributed by atoms with Crippen molar-refractivity contribution in [3.63, 3.8) is 0 Å². The molecule has 0 saturated carbocycles. The second kappa shape index (κ2) is 13.3. The minimum atomic E-state index is -0.527. The summed E-state index contributed by atoms with van der Waals surface area (Å²) in [6, 6.07) is 7.77. The van der Waals surface area contributed by atoms with Crippen LogP contribution in [-0.4, -0.2) is 44.1 Å². The molecule has 1 heterocycles. The first kappa shape index (κ1) is 27.6. The van der Waals surface area contributed by atoms with Crippen LogP contribution in [0.15, 0.2) is 68.3 Å². The van der Waals surface area contributed by atoms with E-state index in [0.29, 0.717) is 24.2 Å². The lowest BCUT2D eigenvalue weighted by Gasteiger charge is -2.20. The fourth-order valence-electron chi connectivity index (χ4n) is 3.31. The van der Waals surface area contributed by atoms with Gasteiger partial charge in [-0.15, -0.1) is 0 Å². The first-order chi connectivity index (χ1) is 16.7. The van der Waals surface area contributed by atoms with Gasteiger partial charge in [0.2, 0.25) is 0 Å². The molecule has 1 amide bonds. The Morgan fingerprint density at radius 2 is 1.91 bits per heavy atom. The summed E-state index contributed by atoms with van der Waals surface area (Å²) in [7, 11) is 0. The maximum absolute atomic E-state index is 12.6. The Labute approximate surface area is 207 Å². The molecule has 0 bridgehead atoms. The number of benzene rings is 1. The number of nitrogens with zero attached hydrogens (tertiary/aromatic N) is 2. The number of nitrogens with one attached hydrogen (secondary N) is 1. The molecule has 2 aromatic rings. The number of anilines is 1. The Hall–Kier alpha value is -3.61. The van der Waals surface area contributed by atoms with Crippen LogP contribution in [0.2, 0.25) is 0 Å². The van der Waals surface area contributed by atoms with Gasteiger partial charge in [-0.05, 0) is 77.5 Å². The standard InChI is InChI=1S/C28H37N3O4/c1-7-10-21(15-16-29-17-18-30-27(33)35-28(4,5)6)11-12-23-19-22-13-14-24(31(8-2)9-3)20-25(22)34-26(23)32/h7,10-16,19-20H,8-9,17-18H2,1-6H3,(H,30,33)/b10-7-,12-11+,21-15+,29-16+. The number of rotatable bonds is 10. The molecular weight excluding hydrogens is 442 g/mol. The molecule has 7 nitrogen and oxygen atoms in total. The van der Waals surface area contributed by atoms with Crippen LogP contribution in [0.1, 0.15) is 47.1 Å². The van der Waals surface area contributed by atoms with E-state index >= 15 is 0 Å². The SMILES string of the molecule is C\C=C/C(/C=C/c1cc2ccc(N(CC)CC)cc2oc1=O)=C\C=N\CCNC(=O)OC(C)(C)C. The summed E-state index contributed by atoms with van der Waals surface area (Å²) < 4.78 is 10.8. The summed E-state index contributed by atoms with van der Waals surface area (Å²) in [5.74, 6) is 0. The molecule has 0 spiro atoms. The molecule has 0 unspecified atom stereocenters. The van der Waals surface area contributed by atoms with Crippen molar-refractivity contribution < 1.29 is 13.9 Å². The van der Waals surface area contributed by atoms with Crippen molar-refractivity contribution in [2.45, 2.75) is 47.1 Å². The zero-order valence-electron chi connectivity index (χ0n) is 21.6. The van der Waals surface area contributed by atoms with Gasteiger partial charge in [0.15, 0.2) is 0 Å². The van der Waals surface area contributed by atoms with E-state index in [1.165, 1.54) is 0 Å². The molecule has 7 heteroatoms. The normalized spacial score (nSPS) is 12.8. The molecule has 2 rings (SSSR count). The Bertz CT molecular complexity index is 1160. The van der Waals surface area contributed by atoms with Crippen molar-refractivity contribution in [2.24, 2.45) is 4.99 Å². The van der Waals surface area contributed by atoms with Crippen molar-refractivity contribution in [3.05, 3.63) is 70.1 Å². The predicted molar refractivity (Wildman–Crippen MR) is 146 cm³/mol. The Kier molecular flexibility index (Phi) is 10.5. The topological polar surface area (TPSA) is 84.1 Å². The molecule has 0 aliphatic heterocycles. The number of fused-ring (bicyclic) bond motifs is 1. The van der Waals surface area contributed by atoms with Gasteiger partial charge in [0.1, 0.15) is 11.2 Å². The number of carbonyl (C=O) groups is 1. The van der Waals surface area contributed by atoms with E-state index < -0.39 is 11.7 Å². The fraction of sp³-hybridized carbons (Fsp3) is 0.393. The minimum absolute atomic E-state index is 0.377. The van der Waals surface area contributed by atoms with E-state index in [1.54, 1.807) is 12.3 Å². The van der Waals surface area contributed by atoms with Crippen LogP contribution >= 0.6 is 0 Å². The lowest BCUT2D eigenvalue weighted by atomic mass is 10.1. The third kappa shape index (κ3) is 9.27. The molecule has 0 fully saturated rings. The monoisotopic (exact) mass is 479 g/mol. The zero-order valence-corrected chi connectivity index (χ0v) is 21.6. The molecule has 0 atom stereocenters. The lowest BCUT2D eigenvalue weighted by molar-refractivity contribution is 0.0529. The van der Waals surface area contributed by atoms with E-state index in [9.17, 15) is 9.59 Å². The van der Waals surface area contributed by atoms with Gasteiger partial charge in [-0.25, -0.2) is 9.59 Å². The van der Waals surface area contributed by atoms with Crippen LogP contribution in [0, 0.1) is 0 Å². The molecule has 188 valence electrons. The first-order valence-electron chi connectivity index (χ1n) is 12.0. The van der Waals surface area contributed by atoms with Gasteiger partial charge < -0.3 is 19.4 Å². The average molecular weight is 480 g/mol. The summed E-state index contributed by atoms with van der Waals surface area (Å²) in [6.45, 7) is 14.1. The maximum atomic E-state index is 12.6. The van der Waals surface area contributed by atoms with Gasteiger partial charge in [0.05, 0.1) is 12.1 Å². The summed E-state index contributed by atoms with van der Waals surface area (Å²) in [5.41, 5.74) is 2.04. The van der Waals surface area contributed by atoms with Crippen LogP contribution in [0.5, 0.6) is 0 Å². The van der Waals surface area contributed by atoms with E-state index in [1.807, 2.05) is 76.3 Å². The van der Waals surface area contributed by atoms with Gasteiger partial charge in [-0.1, -0.05) is 18.2 Å². The molecule has 1 aromatic carbocycles. The second-order valence-electron chi connectivity index (χ2n) is 8.87. The Balaban J connectivity index is 2.07. The van der Waals surface area contributed by atoms with Crippen LogP contribution in [0.4, 0.5) is 10.5 Å². The van der Waals surface area contributed by atoms with Crippen molar-refractivity contribution in [3.8, 4) is 0 Å². The first-order valence-corrected chi connectivity index (χ1v) is 12.0. The quantitative estimate of drug-likeness (QED) is 0.203. The molecule has 1 N–H and O–H groups in total. The van der Waals surface area contributed by atoms with E-state index in [0.717, 1.165) is 29.7 Å². The summed E-state index contributed by atoms with van der Waals surface area (Å²) in [4.78, 5) is 30.7. The van der Waals surface area contributed by atoms with Crippen LogP contribution in [0.3, 0.4) is 0 Å². The number of hydrogen-bond acceptors (Lipinski definition) is 6. The van der Waals surface area contributed by atoms with Crippen molar-refractivity contribution in [1.82, 2.24) is 5.32 Å². The third-order valence-electron chi connectivity index (χ3n) is 4.97. The van der Waals surface area contributed by atoms with Gasteiger partial charge in [0, 0.05) is 43.0 Å². The van der Waals surface area contributed by atoms with Gasteiger partial charge >= 0.3 is 11.7 Å². The molecule has 35 heavy (non-hydrogen) atoms. The number of allylic oxidation sites excluding steroid dienone is 5. The molecule has 0 aliphatic carbocycles. The van der Waals surface area contributed by atoms with Crippen LogP contribution < -0.4 is 15.8 Å². The van der Waals surface area contributed by atoms with Crippen LogP contribution in [0.25, 0.3) is 17.0 Å².